The van der Waals surface area contributed by atoms with Gasteiger partial charge in [0.1, 0.15) is 17.6 Å². The van der Waals surface area contributed by atoms with Crippen molar-refractivity contribution in [1.29, 1.82) is 0 Å². The first-order valence-corrected chi connectivity index (χ1v) is 12.6. The van der Waals surface area contributed by atoms with Crippen molar-refractivity contribution in [1.82, 2.24) is 24.9 Å². The molecular formula is C26H33F3N6O3. The minimum atomic E-state index is -1.36. The molecule has 1 fully saturated rings. The Kier molecular flexibility index (Phi) is 7.30. The Morgan fingerprint density at radius 3 is 2.37 bits per heavy atom. The Bertz CT molecular complexity index is 1290. The quantitative estimate of drug-likeness (QED) is 0.586. The molecular weight excluding hydrogens is 501 g/mol. The highest BCUT2D eigenvalue weighted by molar-refractivity contribution is 5.90. The van der Waals surface area contributed by atoms with Crippen LogP contribution in [0, 0.1) is 28.8 Å². The lowest BCUT2D eigenvalue weighted by Crippen LogP contribution is -2.53. The molecule has 3 amide bonds. The Morgan fingerprint density at radius 1 is 1.11 bits per heavy atom. The normalized spacial score (nSPS) is 20.8. The average Bonchev–Trinajstić information content (AvgIpc) is 3.47. The molecule has 206 valence electrons. The topological polar surface area (TPSA) is 114 Å². The van der Waals surface area contributed by atoms with Crippen LogP contribution < -0.4 is 11.1 Å². The van der Waals surface area contributed by atoms with E-state index in [9.17, 15) is 23.2 Å². The van der Waals surface area contributed by atoms with E-state index in [2.05, 4.69) is 10.4 Å². The number of hydrogen-bond acceptors (Lipinski definition) is 5. The third-order valence-corrected chi connectivity index (χ3v) is 7.57. The van der Waals surface area contributed by atoms with Gasteiger partial charge in [-0.05, 0) is 31.4 Å². The molecule has 3 atom stereocenters. The zero-order chi connectivity index (χ0) is 28.1. The second-order valence-electron chi connectivity index (χ2n) is 11.0. The Balaban J connectivity index is 1.94. The number of fused-ring (bicyclic) bond motifs is 1. The monoisotopic (exact) mass is 534 g/mol. The number of benzene rings is 1. The smallest absolute Gasteiger partial charge is 0.339 e. The number of nitrogens with one attached hydrogen (secondary N) is 1. The van der Waals surface area contributed by atoms with E-state index < -0.39 is 46.9 Å². The molecule has 2 aliphatic rings. The Labute approximate surface area is 219 Å². The van der Waals surface area contributed by atoms with Gasteiger partial charge in [-0.25, -0.2) is 18.0 Å². The first-order valence-electron chi connectivity index (χ1n) is 12.6. The molecule has 4 rings (SSSR count). The van der Waals surface area contributed by atoms with Gasteiger partial charge in [0, 0.05) is 43.8 Å². The fraction of sp³-hybridized carbons (Fsp3) is 0.538. The summed E-state index contributed by atoms with van der Waals surface area (Å²) < 4.78 is 44.0. The number of carbonyl (C=O) groups excluding carboxylic acids is 3. The van der Waals surface area contributed by atoms with Crippen LogP contribution in [0.3, 0.4) is 0 Å². The van der Waals surface area contributed by atoms with Crippen LogP contribution in [-0.2, 0) is 16.0 Å². The second kappa shape index (κ2) is 10.0. The molecule has 1 saturated heterocycles. The molecule has 9 nitrogen and oxygen atoms in total. The molecule has 1 aromatic heterocycles. The van der Waals surface area contributed by atoms with Crippen molar-refractivity contribution in [2.24, 2.45) is 17.1 Å². The van der Waals surface area contributed by atoms with Crippen molar-refractivity contribution in [2.75, 3.05) is 27.2 Å². The number of amides is 3. The van der Waals surface area contributed by atoms with Gasteiger partial charge in [0.15, 0.2) is 11.6 Å². The fourth-order valence-electron chi connectivity index (χ4n) is 5.79. The maximum atomic E-state index is 15.0. The summed E-state index contributed by atoms with van der Waals surface area (Å²) in [4.78, 5) is 42.6. The number of likely N-dealkylation sites (N-methyl/N-ethyl adjacent to an activating group) is 2. The van der Waals surface area contributed by atoms with Crippen LogP contribution >= 0.6 is 0 Å². The lowest BCUT2D eigenvalue weighted by molar-refractivity contribution is -0.147. The van der Waals surface area contributed by atoms with Crippen molar-refractivity contribution in [3.8, 4) is 11.3 Å². The van der Waals surface area contributed by atoms with E-state index in [0.717, 1.165) is 4.68 Å². The third kappa shape index (κ3) is 4.65. The van der Waals surface area contributed by atoms with E-state index in [1.807, 2.05) is 25.7 Å². The Hall–Kier alpha value is -3.41. The maximum absolute atomic E-state index is 15.0. The van der Waals surface area contributed by atoms with Crippen molar-refractivity contribution in [3.63, 3.8) is 0 Å². The van der Waals surface area contributed by atoms with Gasteiger partial charge in [-0.15, -0.1) is 0 Å². The SMILES string of the molecule is CNC(=O)[C@@H]1CCCN1C(=O)[C@H](C1c2c(-c3cc(F)c(F)cc3F)nn(C(N)=O)c2CCN1C)C(C)(C)C. The molecule has 0 spiro atoms. The molecule has 0 aliphatic carbocycles. The zero-order valence-corrected chi connectivity index (χ0v) is 22.1. The summed E-state index contributed by atoms with van der Waals surface area (Å²) in [6.45, 7) is 6.49. The number of rotatable bonds is 4. The number of aromatic nitrogens is 2. The summed E-state index contributed by atoms with van der Waals surface area (Å²) in [5.74, 6) is -5.00. The number of carbonyl (C=O) groups is 3. The molecule has 2 aromatic rings. The molecule has 12 heteroatoms. The average molecular weight is 535 g/mol. The predicted octanol–water partition coefficient (Wildman–Crippen LogP) is 2.82. The minimum Gasteiger partial charge on any atom is -0.357 e. The molecule has 1 unspecified atom stereocenters. The van der Waals surface area contributed by atoms with Gasteiger partial charge in [0.25, 0.3) is 0 Å². The third-order valence-electron chi connectivity index (χ3n) is 7.57. The van der Waals surface area contributed by atoms with Crippen LogP contribution in [0.4, 0.5) is 18.0 Å². The lowest BCUT2D eigenvalue weighted by Gasteiger charge is -2.45. The van der Waals surface area contributed by atoms with E-state index in [1.54, 1.807) is 11.9 Å². The van der Waals surface area contributed by atoms with Crippen molar-refractivity contribution < 1.29 is 27.6 Å². The van der Waals surface area contributed by atoms with Crippen molar-refractivity contribution >= 4 is 17.8 Å². The van der Waals surface area contributed by atoms with Gasteiger partial charge in [0.05, 0.1) is 17.7 Å². The number of nitrogens with zero attached hydrogens (tertiary/aromatic N) is 4. The summed E-state index contributed by atoms with van der Waals surface area (Å²) in [6, 6.07) is -1.15. The molecule has 0 bridgehead atoms. The van der Waals surface area contributed by atoms with Crippen LogP contribution in [0.2, 0.25) is 0 Å². The fourth-order valence-corrected chi connectivity index (χ4v) is 5.79. The predicted molar refractivity (Wildman–Crippen MR) is 133 cm³/mol. The first-order chi connectivity index (χ1) is 17.8. The van der Waals surface area contributed by atoms with E-state index in [-0.39, 0.29) is 23.1 Å². The van der Waals surface area contributed by atoms with Crippen LogP contribution in [0.5, 0.6) is 0 Å². The highest BCUT2D eigenvalue weighted by Crippen LogP contribution is 2.48. The summed E-state index contributed by atoms with van der Waals surface area (Å²) in [5, 5.41) is 6.87. The molecule has 3 heterocycles. The largest absolute Gasteiger partial charge is 0.357 e. The van der Waals surface area contributed by atoms with Crippen LogP contribution in [0.1, 0.15) is 50.9 Å². The Morgan fingerprint density at radius 2 is 1.76 bits per heavy atom. The van der Waals surface area contributed by atoms with Crippen LogP contribution in [-0.4, -0.2) is 70.7 Å². The van der Waals surface area contributed by atoms with Crippen molar-refractivity contribution in [3.05, 3.63) is 40.8 Å². The van der Waals surface area contributed by atoms with Crippen LogP contribution in [0.25, 0.3) is 11.3 Å². The van der Waals surface area contributed by atoms with Crippen molar-refractivity contribution in [2.45, 2.75) is 52.1 Å². The summed E-state index contributed by atoms with van der Waals surface area (Å²) >= 11 is 0. The first kappa shape index (κ1) is 27.6. The van der Waals surface area contributed by atoms with E-state index >= 15 is 4.39 Å². The lowest BCUT2D eigenvalue weighted by atomic mass is 9.71. The number of primary amides is 1. The molecule has 1 aromatic carbocycles. The summed E-state index contributed by atoms with van der Waals surface area (Å²) in [6.07, 6.45) is 1.50. The minimum absolute atomic E-state index is 0.0851. The van der Waals surface area contributed by atoms with Gasteiger partial charge < -0.3 is 16.0 Å². The summed E-state index contributed by atoms with van der Waals surface area (Å²) in [5.41, 5.74) is 5.23. The number of hydrogen-bond donors (Lipinski definition) is 2. The molecule has 3 N–H and O–H groups in total. The molecule has 2 aliphatic heterocycles. The van der Waals surface area contributed by atoms with Gasteiger partial charge in [0.2, 0.25) is 11.8 Å². The van der Waals surface area contributed by atoms with Gasteiger partial charge in [-0.3, -0.25) is 14.5 Å². The molecule has 0 saturated carbocycles. The molecule has 38 heavy (non-hydrogen) atoms. The standard InChI is InChI=1S/C26H33F3N6O3/c1-26(2,3)20(24(37)34-9-6-7-18(34)23(36)31-4)22-19-17(8-10-33(22)5)35(25(30)38)32-21(19)13-11-15(28)16(29)12-14(13)27/h11-12,18,20,22H,6-10H2,1-5H3,(H2,30,38)(H,31,36)/t18-,20-,22?/m0/s1. The summed E-state index contributed by atoms with van der Waals surface area (Å²) in [7, 11) is 3.32. The van der Waals surface area contributed by atoms with Gasteiger partial charge in [-0.1, -0.05) is 20.8 Å². The van der Waals surface area contributed by atoms with Gasteiger partial charge >= 0.3 is 6.03 Å². The zero-order valence-electron chi connectivity index (χ0n) is 22.1. The van der Waals surface area contributed by atoms with Gasteiger partial charge in [-0.2, -0.15) is 9.78 Å². The van der Waals surface area contributed by atoms with Crippen LogP contribution in [0.15, 0.2) is 12.1 Å². The van der Waals surface area contributed by atoms with E-state index in [0.29, 0.717) is 55.7 Å². The number of nitrogens with two attached hydrogens (primary N) is 1. The second-order valence-corrected chi connectivity index (χ2v) is 11.0. The molecule has 0 radical (unpaired) electrons. The highest BCUT2D eigenvalue weighted by Gasteiger charge is 2.49. The maximum Gasteiger partial charge on any atom is 0.339 e. The van der Waals surface area contributed by atoms with E-state index in [1.165, 1.54) is 7.05 Å². The number of likely N-dealkylation sites (tertiary alicyclic amines) is 1. The highest BCUT2D eigenvalue weighted by atomic mass is 19.2. The number of halogens is 3. The van der Waals surface area contributed by atoms with E-state index in [4.69, 9.17) is 5.73 Å².